The van der Waals surface area contributed by atoms with Gasteiger partial charge >= 0.3 is 0 Å². The summed E-state index contributed by atoms with van der Waals surface area (Å²) in [6.07, 6.45) is 16.1. The lowest BCUT2D eigenvalue weighted by atomic mass is 9.68. The van der Waals surface area contributed by atoms with Crippen molar-refractivity contribution in [1.82, 2.24) is 10.2 Å². The second-order valence-corrected chi connectivity index (χ2v) is 7.72. The van der Waals surface area contributed by atoms with Crippen molar-refractivity contribution in [2.45, 2.75) is 89.6 Å². The molecule has 1 aliphatic heterocycles. The maximum absolute atomic E-state index is 3.77. The fourth-order valence-corrected chi connectivity index (χ4v) is 4.50. The highest BCUT2D eigenvalue weighted by molar-refractivity contribution is 4.91. The van der Waals surface area contributed by atoms with E-state index in [9.17, 15) is 0 Å². The van der Waals surface area contributed by atoms with Crippen molar-refractivity contribution in [1.29, 1.82) is 0 Å². The summed E-state index contributed by atoms with van der Waals surface area (Å²) in [7, 11) is 0. The molecular weight excluding hydrogens is 244 g/mol. The van der Waals surface area contributed by atoms with Crippen LogP contribution in [0.1, 0.15) is 77.6 Å². The normalized spacial score (nSPS) is 28.6. The lowest BCUT2D eigenvalue weighted by molar-refractivity contribution is 0.0424. The molecule has 2 heteroatoms. The molecule has 2 saturated carbocycles. The molecule has 3 fully saturated rings. The Bertz CT molecular complexity index is 282. The number of hydrogen-bond donors (Lipinski definition) is 1. The van der Waals surface area contributed by atoms with Gasteiger partial charge in [-0.1, -0.05) is 32.6 Å². The van der Waals surface area contributed by atoms with E-state index in [-0.39, 0.29) is 0 Å². The van der Waals surface area contributed by atoms with Crippen molar-refractivity contribution in [3.8, 4) is 0 Å². The van der Waals surface area contributed by atoms with E-state index in [1.165, 1.54) is 90.3 Å². The lowest BCUT2D eigenvalue weighted by Gasteiger charge is -2.46. The van der Waals surface area contributed by atoms with Crippen LogP contribution in [0, 0.1) is 5.41 Å². The van der Waals surface area contributed by atoms with E-state index in [2.05, 4.69) is 17.1 Å². The Morgan fingerprint density at radius 3 is 2.35 bits per heavy atom. The Balaban J connectivity index is 1.48. The monoisotopic (exact) mass is 278 g/mol. The molecule has 1 heterocycles. The van der Waals surface area contributed by atoms with Crippen LogP contribution in [0.4, 0.5) is 0 Å². The third kappa shape index (κ3) is 3.76. The van der Waals surface area contributed by atoms with Gasteiger partial charge in [0, 0.05) is 18.6 Å². The van der Waals surface area contributed by atoms with Crippen LogP contribution in [0.25, 0.3) is 0 Å². The molecule has 20 heavy (non-hydrogen) atoms. The molecule has 0 aromatic heterocycles. The number of nitrogens with zero attached hydrogens (tertiary/aromatic N) is 1. The van der Waals surface area contributed by atoms with E-state index in [0.29, 0.717) is 0 Å². The summed E-state index contributed by atoms with van der Waals surface area (Å²) in [5, 5.41) is 3.77. The van der Waals surface area contributed by atoms with Crippen molar-refractivity contribution in [3.63, 3.8) is 0 Å². The van der Waals surface area contributed by atoms with Gasteiger partial charge in [0.05, 0.1) is 0 Å². The minimum absolute atomic E-state index is 0.759. The van der Waals surface area contributed by atoms with Crippen molar-refractivity contribution < 1.29 is 0 Å². The average Bonchev–Trinajstić information content (AvgIpc) is 3.30. The summed E-state index contributed by atoms with van der Waals surface area (Å²) in [6, 6.07) is 1.67. The van der Waals surface area contributed by atoms with Crippen LogP contribution >= 0.6 is 0 Å². The van der Waals surface area contributed by atoms with Gasteiger partial charge in [-0.2, -0.15) is 0 Å². The maximum atomic E-state index is 3.77. The molecule has 116 valence electrons. The van der Waals surface area contributed by atoms with Crippen LogP contribution in [-0.2, 0) is 0 Å². The van der Waals surface area contributed by atoms with E-state index in [1.54, 1.807) is 0 Å². The molecule has 0 aromatic carbocycles. The Morgan fingerprint density at radius 1 is 1.05 bits per heavy atom. The van der Waals surface area contributed by atoms with Crippen LogP contribution in [-0.4, -0.2) is 36.6 Å². The zero-order valence-corrected chi connectivity index (χ0v) is 13.5. The molecule has 1 spiro atoms. The highest BCUT2D eigenvalue weighted by atomic mass is 15.2. The first-order chi connectivity index (χ1) is 9.81. The Kier molecular flexibility index (Phi) is 5.04. The summed E-state index contributed by atoms with van der Waals surface area (Å²) in [4.78, 5) is 2.82. The molecule has 2 nitrogen and oxygen atoms in total. The molecule has 0 amide bonds. The second kappa shape index (κ2) is 6.79. The number of hydrogen-bond acceptors (Lipinski definition) is 2. The van der Waals surface area contributed by atoms with E-state index in [1.807, 2.05) is 0 Å². The largest absolute Gasteiger partial charge is 0.312 e. The fourth-order valence-electron chi connectivity index (χ4n) is 4.50. The topological polar surface area (TPSA) is 15.3 Å². The van der Waals surface area contributed by atoms with Crippen molar-refractivity contribution in [3.05, 3.63) is 0 Å². The zero-order valence-electron chi connectivity index (χ0n) is 13.5. The molecule has 1 unspecified atom stereocenters. The van der Waals surface area contributed by atoms with Crippen molar-refractivity contribution in [2.24, 2.45) is 5.41 Å². The van der Waals surface area contributed by atoms with E-state index in [0.717, 1.165) is 17.5 Å². The first-order valence-electron chi connectivity index (χ1n) is 9.29. The van der Waals surface area contributed by atoms with Crippen molar-refractivity contribution in [2.75, 3.05) is 19.6 Å². The molecule has 0 radical (unpaired) electrons. The van der Waals surface area contributed by atoms with Gasteiger partial charge in [0.2, 0.25) is 0 Å². The summed E-state index contributed by atoms with van der Waals surface area (Å²) < 4.78 is 0. The van der Waals surface area contributed by atoms with E-state index < -0.39 is 0 Å². The van der Waals surface area contributed by atoms with Gasteiger partial charge in [-0.15, -0.1) is 0 Å². The van der Waals surface area contributed by atoms with Gasteiger partial charge in [-0.3, -0.25) is 4.90 Å². The van der Waals surface area contributed by atoms with Gasteiger partial charge in [0.15, 0.2) is 0 Å². The van der Waals surface area contributed by atoms with Crippen LogP contribution in [0.15, 0.2) is 0 Å². The summed E-state index contributed by atoms with van der Waals surface area (Å²) >= 11 is 0. The smallest absolute Gasteiger partial charge is 0.0220 e. The Hall–Kier alpha value is -0.0800. The minimum Gasteiger partial charge on any atom is -0.312 e. The molecular formula is C18H34N2. The summed E-state index contributed by atoms with van der Waals surface area (Å²) in [5.74, 6) is 0. The van der Waals surface area contributed by atoms with E-state index >= 15 is 0 Å². The van der Waals surface area contributed by atoms with Crippen molar-refractivity contribution >= 4 is 0 Å². The SMILES string of the molecule is CCCC(CNC1CC1)N1CCC2(CCCCC2)CC1. The first kappa shape index (κ1) is 14.8. The molecule has 1 saturated heterocycles. The van der Waals surface area contributed by atoms with Gasteiger partial charge in [-0.25, -0.2) is 0 Å². The number of rotatable bonds is 6. The number of likely N-dealkylation sites (tertiary alicyclic amines) is 1. The predicted molar refractivity (Wildman–Crippen MR) is 86.0 cm³/mol. The highest BCUT2D eigenvalue weighted by Gasteiger charge is 2.37. The van der Waals surface area contributed by atoms with Gasteiger partial charge in [0.25, 0.3) is 0 Å². The van der Waals surface area contributed by atoms with Gasteiger partial charge in [-0.05, 0) is 63.5 Å². The standard InChI is InChI=1S/C18H34N2/c1-2-6-17(15-19-16-7-8-16)20-13-11-18(12-14-20)9-4-3-5-10-18/h16-17,19H,2-15H2,1H3. The van der Waals surface area contributed by atoms with Crippen LogP contribution in [0.2, 0.25) is 0 Å². The van der Waals surface area contributed by atoms with Gasteiger partial charge < -0.3 is 5.32 Å². The molecule has 3 aliphatic rings. The highest BCUT2D eigenvalue weighted by Crippen LogP contribution is 2.44. The molecule has 1 N–H and O–H groups in total. The fraction of sp³-hybridized carbons (Fsp3) is 1.00. The van der Waals surface area contributed by atoms with Crippen LogP contribution in [0.3, 0.4) is 0 Å². The molecule has 0 bridgehead atoms. The Morgan fingerprint density at radius 2 is 1.75 bits per heavy atom. The van der Waals surface area contributed by atoms with Crippen LogP contribution < -0.4 is 5.32 Å². The Labute approximate surface area is 125 Å². The van der Waals surface area contributed by atoms with Gasteiger partial charge in [0.1, 0.15) is 0 Å². The molecule has 3 rings (SSSR count). The minimum atomic E-state index is 0.759. The second-order valence-electron chi connectivity index (χ2n) is 7.72. The number of piperidine rings is 1. The predicted octanol–water partition coefficient (Wildman–Crippen LogP) is 3.95. The lowest BCUT2D eigenvalue weighted by Crippen LogP contribution is -2.49. The first-order valence-corrected chi connectivity index (χ1v) is 9.29. The maximum Gasteiger partial charge on any atom is 0.0220 e. The summed E-state index contributed by atoms with van der Waals surface area (Å²) in [6.45, 7) is 6.33. The quantitative estimate of drug-likeness (QED) is 0.791. The number of nitrogens with one attached hydrogen (secondary N) is 1. The van der Waals surface area contributed by atoms with Crippen LogP contribution in [0.5, 0.6) is 0 Å². The summed E-state index contributed by atoms with van der Waals surface area (Å²) in [5.41, 5.74) is 0.759. The third-order valence-electron chi connectivity index (χ3n) is 6.13. The zero-order chi connectivity index (χ0) is 13.8. The third-order valence-corrected chi connectivity index (χ3v) is 6.13. The molecule has 2 aliphatic carbocycles. The molecule has 0 aromatic rings. The average molecular weight is 278 g/mol. The molecule has 1 atom stereocenters. The van der Waals surface area contributed by atoms with E-state index in [4.69, 9.17) is 0 Å².